The van der Waals surface area contributed by atoms with E-state index >= 15 is 0 Å². The number of pyridine rings is 1. The van der Waals surface area contributed by atoms with Crippen molar-refractivity contribution in [2.75, 3.05) is 11.1 Å². The topological polar surface area (TPSA) is 98.5 Å². The van der Waals surface area contributed by atoms with E-state index in [-0.39, 0.29) is 17.8 Å². The highest BCUT2D eigenvalue weighted by atomic mass is 32.2. The van der Waals surface area contributed by atoms with Crippen LogP contribution in [0.3, 0.4) is 0 Å². The van der Waals surface area contributed by atoms with Crippen LogP contribution < -0.4 is 5.32 Å². The van der Waals surface area contributed by atoms with Crippen molar-refractivity contribution < 1.29 is 14.3 Å². The molecule has 166 valence electrons. The van der Waals surface area contributed by atoms with Crippen LogP contribution in [0.2, 0.25) is 0 Å². The molecule has 3 heterocycles. The van der Waals surface area contributed by atoms with Gasteiger partial charge in [-0.2, -0.15) is 0 Å². The van der Waals surface area contributed by atoms with Gasteiger partial charge in [0, 0.05) is 5.39 Å². The molecule has 0 unspecified atom stereocenters. The van der Waals surface area contributed by atoms with E-state index in [0.29, 0.717) is 20.9 Å². The molecule has 0 aliphatic carbocycles. The van der Waals surface area contributed by atoms with E-state index in [4.69, 9.17) is 4.74 Å². The van der Waals surface area contributed by atoms with Crippen molar-refractivity contribution in [1.82, 2.24) is 19.6 Å². The number of nitrogens with one attached hydrogen (secondary N) is 1. The number of nitrogens with zero attached hydrogens (tertiary/aromatic N) is 4. The lowest BCUT2D eigenvalue weighted by Crippen LogP contribution is -2.14. The number of esters is 1. The highest BCUT2D eigenvalue weighted by Gasteiger charge is 2.20. The molecule has 1 amide bonds. The van der Waals surface area contributed by atoms with Gasteiger partial charge in [0.25, 0.3) is 0 Å². The quantitative estimate of drug-likeness (QED) is 0.326. The molecule has 0 spiro atoms. The van der Waals surface area contributed by atoms with Crippen LogP contribution in [0.1, 0.15) is 40.3 Å². The summed E-state index contributed by atoms with van der Waals surface area (Å²) in [6, 6.07) is 8.15. The predicted molar refractivity (Wildman–Crippen MR) is 127 cm³/mol. The fourth-order valence-electron chi connectivity index (χ4n) is 3.42. The summed E-state index contributed by atoms with van der Waals surface area (Å²) in [7, 11) is 0. The van der Waals surface area contributed by atoms with Crippen molar-refractivity contribution in [2.45, 2.75) is 45.9 Å². The Morgan fingerprint density at radius 3 is 2.72 bits per heavy atom. The summed E-state index contributed by atoms with van der Waals surface area (Å²) in [5.41, 5.74) is 4.56. The molecule has 0 bridgehead atoms. The highest BCUT2D eigenvalue weighted by molar-refractivity contribution is 7.99. The van der Waals surface area contributed by atoms with Crippen molar-refractivity contribution in [3.8, 4) is 0 Å². The van der Waals surface area contributed by atoms with Crippen molar-refractivity contribution in [1.29, 1.82) is 0 Å². The van der Waals surface area contributed by atoms with Crippen molar-refractivity contribution in [3.63, 3.8) is 0 Å². The number of thiazole rings is 1. The molecule has 3 aromatic heterocycles. The number of ether oxygens (including phenoxy) is 1. The number of aryl methyl sites for hydroxylation is 3. The maximum Gasteiger partial charge on any atom is 0.350 e. The number of hydrogen-bond acceptors (Lipinski definition) is 8. The number of carbonyl (C=O) groups excluding carboxylic acids is 2. The third kappa shape index (κ3) is 4.33. The average Bonchev–Trinajstić information content (AvgIpc) is 3.29. The minimum atomic E-state index is -0.433. The number of aromatic nitrogens is 4. The number of rotatable bonds is 6. The molecule has 0 radical (unpaired) electrons. The summed E-state index contributed by atoms with van der Waals surface area (Å²) in [4.78, 5) is 29.4. The minimum Gasteiger partial charge on any atom is -0.459 e. The van der Waals surface area contributed by atoms with Crippen LogP contribution in [-0.4, -0.2) is 43.3 Å². The second-order valence-corrected chi connectivity index (χ2v) is 9.64. The summed E-state index contributed by atoms with van der Waals surface area (Å²) in [6.45, 7) is 9.39. The average molecular weight is 470 g/mol. The van der Waals surface area contributed by atoms with Gasteiger partial charge in [0.15, 0.2) is 15.9 Å². The monoisotopic (exact) mass is 469 g/mol. The van der Waals surface area contributed by atoms with Crippen LogP contribution in [0.5, 0.6) is 0 Å². The summed E-state index contributed by atoms with van der Waals surface area (Å²) in [6.07, 6.45) is -0.222. The third-order valence-corrected chi connectivity index (χ3v) is 6.78. The largest absolute Gasteiger partial charge is 0.459 e. The number of benzene rings is 1. The lowest BCUT2D eigenvalue weighted by molar-refractivity contribution is -0.113. The first-order valence-corrected chi connectivity index (χ1v) is 11.9. The fraction of sp³-hybridized carbons (Fsp3) is 0.318. The van der Waals surface area contributed by atoms with E-state index in [1.54, 1.807) is 20.8 Å². The lowest BCUT2D eigenvalue weighted by atomic mass is 10.1. The van der Waals surface area contributed by atoms with Crippen LogP contribution >= 0.6 is 23.1 Å². The van der Waals surface area contributed by atoms with Crippen LogP contribution in [-0.2, 0) is 9.53 Å². The normalized spacial score (nSPS) is 11.4. The Bertz CT molecular complexity index is 1340. The SMILES string of the molecule is Cc1nc(NC(=O)CSc2nnc3cc(C)c4cccc(C)c4n23)sc1C(=O)OC(C)C. The van der Waals surface area contributed by atoms with Gasteiger partial charge in [-0.25, -0.2) is 9.78 Å². The van der Waals surface area contributed by atoms with Gasteiger partial charge < -0.3 is 10.1 Å². The van der Waals surface area contributed by atoms with Gasteiger partial charge in [-0.1, -0.05) is 41.3 Å². The van der Waals surface area contributed by atoms with Crippen molar-refractivity contribution in [3.05, 3.63) is 46.0 Å². The van der Waals surface area contributed by atoms with Gasteiger partial charge >= 0.3 is 5.97 Å². The zero-order valence-corrected chi connectivity index (χ0v) is 20.1. The van der Waals surface area contributed by atoms with E-state index in [9.17, 15) is 9.59 Å². The van der Waals surface area contributed by atoms with Crippen LogP contribution in [0.4, 0.5) is 5.13 Å². The molecule has 4 aromatic rings. The van der Waals surface area contributed by atoms with E-state index in [1.807, 2.05) is 16.5 Å². The number of thioether (sulfide) groups is 1. The Kier molecular flexibility index (Phi) is 6.16. The maximum absolute atomic E-state index is 12.6. The van der Waals surface area contributed by atoms with Crippen molar-refractivity contribution in [2.24, 2.45) is 0 Å². The zero-order valence-electron chi connectivity index (χ0n) is 18.4. The molecule has 1 N–H and O–H groups in total. The van der Waals surface area contributed by atoms with E-state index in [0.717, 1.165) is 39.0 Å². The van der Waals surface area contributed by atoms with Gasteiger partial charge in [0.05, 0.1) is 23.1 Å². The van der Waals surface area contributed by atoms with Crippen LogP contribution in [0, 0.1) is 20.8 Å². The smallest absolute Gasteiger partial charge is 0.350 e. The highest BCUT2D eigenvalue weighted by Crippen LogP contribution is 2.28. The molecule has 4 rings (SSSR count). The standard InChI is InChI=1S/C22H23N5O3S2/c1-11(2)30-20(29)19-14(5)23-21(32-19)24-17(28)10-31-22-26-25-16-9-13(4)15-8-6-7-12(3)18(15)27(16)22/h6-9,11H,10H2,1-5H3,(H,23,24,28). The molecule has 1 aromatic carbocycles. The first-order valence-electron chi connectivity index (χ1n) is 10.1. The van der Waals surface area contributed by atoms with Gasteiger partial charge in [0.1, 0.15) is 4.88 Å². The third-order valence-electron chi connectivity index (χ3n) is 4.79. The number of amides is 1. The minimum absolute atomic E-state index is 0.131. The second-order valence-electron chi connectivity index (χ2n) is 7.70. The molecular formula is C22H23N5O3S2. The summed E-state index contributed by atoms with van der Waals surface area (Å²) < 4.78 is 7.21. The fourth-order valence-corrected chi connectivity index (χ4v) is 5.03. The first kappa shape index (κ1) is 22.2. The molecule has 8 nitrogen and oxygen atoms in total. The van der Waals surface area contributed by atoms with Gasteiger partial charge in [-0.15, -0.1) is 10.2 Å². The number of hydrogen-bond donors (Lipinski definition) is 1. The Labute approximate surface area is 193 Å². The van der Waals surface area contributed by atoms with E-state index in [2.05, 4.69) is 46.5 Å². The molecule has 0 atom stereocenters. The molecule has 0 aliphatic rings. The summed E-state index contributed by atoms with van der Waals surface area (Å²) >= 11 is 2.41. The summed E-state index contributed by atoms with van der Waals surface area (Å²) in [5.74, 6) is -0.540. The molecule has 0 aliphatic heterocycles. The number of anilines is 1. The lowest BCUT2D eigenvalue weighted by Gasteiger charge is -2.09. The van der Waals surface area contributed by atoms with E-state index in [1.165, 1.54) is 11.8 Å². The Hall–Kier alpha value is -2.98. The molecule has 10 heteroatoms. The molecule has 0 saturated heterocycles. The van der Waals surface area contributed by atoms with Crippen LogP contribution in [0.25, 0.3) is 16.6 Å². The number of para-hydroxylation sites is 1. The number of fused-ring (bicyclic) bond motifs is 3. The zero-order chi connectivity index (χ0) is 23.0. The predicted octanol–water partition coefficient (Wildman–Crippen LogP) is 4.56. The van der Waals surface area contributed by atoms with Crippen LogP contribution in [0.15, 0.2) is 29.4 Å². The molecule has 0 saturated carbocycles. The van der Waals surface area contributed by atoms with Gasteiger partial charge in [0.2, 0.25) is 5.91 Å². The Morgan fingerprint density at radius 1 is 1.19 bits per heavy atom. The maximum atomic E-state index is 12.6. The number of carbonyl (C=O) groups is 2. The molecular weight excluding hydrogens is 446 g/mol. The van der Waals surface area contributed by atoms with Crippen molar-refractivity contribution >= 4 is 56.7 Å². The molecule has 32 heavy (non-hydrogen) atoms. The van der Waals surface area contributed by atoms with Gasteiger partial charge in [-0.05, 0) is 51.8 Å². The summed E-state index contributed by atoms with van der Waals surface area (Å²) in [5, 5.41) is 13.5. The van der Waals surface area contributed by atoms with E-state index < -0.39 is 5.97 Å². The first-order chi connectivity index (χ1) is 15.2. The molecule has 0 fully saturated rings. The second kappa shape index (κ2) is 8.87. The Morgan fingerprint density at radius 2 is 1.97 bits per heavy atom. The Balaban J connectivity index is 1.51. The van der Waals surface area contributed by atoms with Gasteiger partial charge in [-0.3, -0.25) is 9.20 Å².